The van der Waals surface area contributed by atoms with Crippen molar-refractivity contribution in [3.8, 4) is 0 Å². The van der Waals surface area contributed by atoms with Crippen molar-refractivity contribution in [1.82, 2.24) is 0 Å². The molecule has 0 spiro atoms. The summed E-state index contributed by atoms with van der Waals surface area (Å²) >= 11 is 0. The summed E-state index contributed by atoms with van der Waals surface area (Å²) < 4.78 is 0. The van der Waals surface area contributed by atoms with Gasteiger partial charge in [-0.15, -0.1) is 26.3 Å². The zero-order chi connectivity index (χ0) is 13.1. The number of aromatic carboxylic acids is 2. The molecule has 4 heteroatoms. The lowest BCUT2D eigenvalue weighted by Gasteiger charge is -2.05. The second kappa shape index (κ2) is 9.21. The van der Waals surface area contributed by atoms with Crippen LogP contribution in [0.25, 0.3) is 0 Å². The highest BCUT2D eigenvalue weighted by Crippen LogP contribution is 2.02. The highest BCUT2D eigenvalue weighted by molar-refractivity contribution is 5.91. The van der Waals surface area contributed by atoms with E-state index >= 15 is 0 Å². The summed E-state index contributed by atoms with van der Waals surface area (Å²) in [5, 5.41) is 20.5. The van der Waals surface area contributed by atoms with Gasteiger partial charge in [-0.3, -0.25) is 0 Å². The third-order valence-corrected chi connectivity index (χ3v) is 1.33. The van der Waals surface area contributed by atoms with E-state index in [1.807, 2.05) is 0 Å². The summed E-state index contributed by atoms with van der Waals surface area (Å²) in [7, 11) is 0. The van der Waals surface area contributed by atoms with Crippen molar-refractivity contribution >= 4 is 11.9 Å². The van der Waals surface area contributed by atoms with Gasteiger partial charge in [0.25, 0.3) is 0 Å². The molecular weight excluding hydrogens is 208 g/mol. The number of carboxylic acids is 2. The molecule has 0 fully saturated rings. The van der Waals surface area contributed by atoms with Crippen LogP contribution in [0.1, 0.15) is 20.7 Å². The Morgan fingerprint density at radius 2 is 1.19 bits per heavy atom. The number of hydrogen-bond donors (Lipinski definition) is 0. The molecule has 0 saturated carbocycles. The van der Waals surface area contributed by atoms with Crippen LogP contribution in [0, 0.1) is 0 Å². The summed E-state index contributed by atoms with van der Waals surface area (Å²) in [6.45, 7) is 12.0. The Hall–Kier alpha value is -2.36. The third-order valence-electron chi connectivity index (χ3n) is 1.33. The Kier molecular flexibility index (Phi) is 9.25. The number of rotatable bonds is 2. The SMILES string of the molecule is C=C.C=C.O=C([O-])c1cccc(C(=O)[O-])c1. The van der Waals surface area contributed by atoms with Gasteiger partial charge in [0.15, 0.2) is 0 Å². The molecule has 4 nitrogen and oxygen atoms in total. The van der Waals surface area contributed by atoms with Crippen LogP contribution in [0.15, 0.2) is 50.6 Å². The lowest BCUT2D eigenvalue weighted by molar-refractivity contribution is -0.255. The molecule has 0 N–H and O–H groups in total. The molecular formula is C12H12O4-2. The molecule has 16 heavy (non-hydrogen) atoms. The number of benzene rings is 1. The number of carboxylic acid groups (broad SMARTS) is 2. The van der Waals surface area contributed by atoms with Crippen molar-refractivity contribution in [3.05, 3.63) is 61.7 Å². The Bertz CT molecular complexity index is 327. The first kappa shape index (κ1) is 16.1. The molecule has 0 radical (unpaired) electrons. The smallest absolute Gasteiger partial charge is 0.0715 e. The second-order valence-corrected chi connectivity index (χ2v) is 2.16. The van der Waals surface area contributed by atoms with E-state index in [9.17, 15) is 19.8 Å². The average molecular weight is 220 g/mol. The average Bonchev–Trinajstić information content (AvgIpc) is 2.34. The zero-order valence-corrected chi connectivity index (χ0v) is 8.77. The first-order valence-electron chi connectivity index (χ1n) is 4.14. The minimum atomic E-state index is -1.40. The molecule has 0 aliphatic carbocycles. The minimum Gasteiger partial charge on any atom is -0.545 e. The monoisotopic (exact) mass is 220 g/mol. The third kappa shape index (κ3) is 5.39. The molecule has 0 aliphatic heterocycles. The largest absolute Gasteiger partial charge is 0.545 e. The van der Waals surface area contributed by atoms with Gasteiger partial charge in [0, 0.05) is 0 Å². The molecule has 1 aromatic carbocycles. The van der Waals surface area contributed by atoms with Crippen LogP contribution in [-0.2, 0) is 0 Å². The molecule has 0 aliphatic rings. The zero-order valence-electron chi connectivity index (χ0n) is 8.77. The lowest BCUT2D eigenvalue weighted by atomic mass is 10.1. The quantitative estimate of drug-likeness (QED) is 0.658. The van der Waals surface area contributed by atoms with E-state index < -0.39 is 11.9 Å². The van der Waals surface area contributed by atoms with Crippen LogP contribution < -0.4 is 10.2 Å². The van der Waals surface area contributed by atoms with E-state index in [0.29, 0.717) is 0 Å². The fourth-order valence-corrected chi connectivity index (χ4v) is 0.773. The minimum absolute atomic E-state index is 0.170. The summed E-state index contributed by atoms with van der Waals surface area (Å²) in [6.07, 6.45) is 0. The molecule has 0 heterocycles. The molecule has 0 atom stereocenters. The van der Waals surface area contributed by atoms with Gasteiger partial charge in [0.05, 0.1) is 11.9 Å². The molecule has 0 saturated heterocycles. The fourth-order valence-electron chi connectivity index (χ4n) is 0.773. The van der Waals surface area contributed by atoms with Gasteiger partial charge in [0.1, 0.15) is 0 Å². The number of carbonyl (C=O) groups is 2. The standard InChI is InChI=1S/C8H6O4.2C2H4/c9-7(10)5-2-1-3-6(4-5)8(11)12;2*1-2/h1-4H,(H,9,10)(H,11,12);2*1-2H2/p-2. The van der Waals surface area contributed by atoms with E-state index in [-0.39, 0.29) is 11.1 Å². The van der Waals surface area contributed by atoms with Crippen molar-refractivity contribution in [1.29, 1.82) is 0 Å². The van der Waals surface area contributed by atoms with Gasteiger partial charge < -0.3 is 19.8 Å². The normalized spacial score (nSPS) is 7.50. The first-order chi connectivity index (χ1) is 7.61. The summed E-state index contributed by atoms with van der Waals surface area (Å²) in [5.74, 6) is -2.81. The Morgan fingerprint density at radius 3 is 1.44 bits per heavy atom. The van der Waals surface area contributed by atoms with Gasteiger partial charge in [-0.1, -0.05) is 18.2 Å². The number of carbonyl (C=O) groups excluding carboxylic acids is 2. The van der Waals surface area contributed by atoms with Crippen molar-refractivity contribution < 1.29 is 19.8 Å². The maximum absolute atomic E-state index is 10.3. The van der Waals surface area contributed by atoms with E-state index in [1.54, 1.807) is 0 Å². The highest BCUT2D eigenvalue weighted by Gasteiger charge is 1.96. The molecule has 0 unspecified atom stereocenters. The van der Waals surface area contributed by atoms with Gasteiger partial charge in [0.2, 0.25) is 0 Å². The van der Waals surface area contributed by atoms with Gasteiger partial charge in [-0.2, -0.15) is 0 Å². The second-order valence-electron chi connectivity index (χ2n) is 2.16. The molecule has 1 rings (SSSR count). The van der Waals surface area contributed by atoms with Crippen LogP contribution in [0.4, 0.5) is 0 Å². The predicted octanol–water partition coefficient (Wildman–Crippen LogP) is 0.0180. The molecule has 0 aromatic heterocycles. The van der Waals surface area contributed by atoms with Crippen molar-refractivity contribution in [2.45, 2.75) is 0 Å². The molecule has 1 aromatic rings. The molecule has 0 amide bonds. The Balaban J connectivity index is 0. The van der Waals surface area contributed by atoms with Crippen molar-refractivity contribution in [2.75, 3.05) is 0 Å². The van der Waals surface area contributed by atoms with Gasteiger partial charge in [-0.25, -0.2) is 0 Å². The molecule has 0 bridgehead atoms. The van der Waals surface area contributed by atoms with Crippen LogP contribution >= 0.6 is 0 Å². The maximum atomic E-state index is 10.3. The highest BCUT2D eigenvalue weighted by atomic mass is 16.4. The van der Waals surface area contributed by atoms with Gasteiger partial charge >= 0.3 is 0 Å². The van der Waals surface area contributed by atoms with Crippen LogP contribution in [0.2, 0.25) is 0 Å². The lowest BCUT2D eigenvalue weighted by Crippen LogP contribution is -2.25. The summed E-state index contributed by atoms with van der Waals surface area (Å²) in [6, 6.07) is 4.81. The predicted molar refractivity (Wildman–Crippen MR) is 57.6 cm³/mol. The maximum Gasteiger partial charge on any atom is 0.0715 e. The van der Waals surface area contributed by atoms with Crippen LogP contribution in [0.3, 0.4) is 0 Å². The van der Waals surface area contributed by atoms with E-state index in [0.717, 1.165) is 6.07 Å². The van der Waals surface area contributed by atoms with E-state index in [2.05, 4.69) is 26.3 Å². The van der Waals surface area contributed by atoms with Crippen LogP contribution in [-0.4, -0.2) is 11.9 Å². The fraction of sp³-hybridized carbons (Fsp3) is 0. The summed E-state index contributed by atoms with van der Waals surface area (Å²) in [5.41, 5.74) is -0.339. The van der Waals surface area contributed by atoms with Crippen molar-refractivity contribution in [3.63, 3.8) is 0 Å². The number of hydrogen-bond acceptors (Lipinski definition) is 4. The van der Waals surface area contributed by atoms with E-state index in [1.165, 1.54) is 18.2 Å². The van der Waals surface area contributed by atoms with Crippen LogP contribution in [0.5, 0.6) is 0 Å². The van der Waals surface area contributed by atoms with E-state index in [4.69, 9.17) is 0 Å². The summed E-state index contributed by atoms with van der Waals surface area (Å²) in [4.78, 5) is 20.5. The topological polar surface area (TPSA) is 80.3 Å². The van der Waals surface area contributed by atoms with Crippen molar-refractivity contribution in [2.24, 2.45) is 0 Å². The first-order valence-corrected chi connectivity index (χ1v) is 4.14. The Labute approximate surface area is 94.2 Å². The van der Waals surface area contributed by atoms with Gasteiger partial charge in [-0.05, 0) is 17.2 Å². The molecule has 86 valence electrons. The Morgan fingerprint density at radius 1 is 0.875 bits per heavy atom.